The van der Waals surface area contributed by atoms with Crippen molar-refractivity contribution < 1.29 is 9.53 Å². The number of amides is 1. The van der Waals surface area contributed by atoms with Gasteiger partial charge < -0.3 is 10.1 Å². The van der Waals surface area contributed by atoms with Crippen molar-refractivity contribution in [2.24, 2.45) is 10.8 Å². The molecule has 1 atom stereocenters. The van der Waals surface area contributed by atoms with Crippen molar-refractivity contribution in [2.45, 2.75) is 39.5 Å². The summed E-state index contributed by atoms with van der Waals surface area (Å²) in [4.78, 5) is 12.9. The molecule has 3 nitrogen and oxygen atoms in total. The van der Waals surface area contributed by atoms with Gasteiger partial charge in [0.1, 0.15) is 0 Å². The first-order valence-corrected chi connectivity index (χ1v) is 7.72. The van der Waals surface area contributed by atoms with Crippen molar-refractivity contribution in [3.63, 3.8) is 0 Å². The van der Waals surface area contributed by atoms with Crippen LogP contribution < -0.4 is 5.32 Å². The normalized spacial score (nSPS) is 28.6. The third-order valence-corrected chi connectivity index (χ3v) is 5.25. The zero-order valence-corrected chi connectivity index (χ0v) is 13.5. The van der Waals surface area contributed by atoms with Gasteiger partial charge in [0.05, 0.1) is 18.6 Å². The second kappa shape index (κ2) is 4.57. The molecule has 21 heavy (non-hydrogen) atoms. The quantitative estimate of drug-likeness (QED) is 0.925. The molecular formula is C18H25NO2. The second-order valence-corrected chi connectivity index (χ2v) is 7.82. The fourth-order valence-electron chi connectivity index (χ4n) is 3.47. The average Bonchev–Trinajstić information content (AvgIpc) is 2.99. The molecule has 1 saturated carbocycles. The minimum absolute atomic E-state index is 0.0311. The van der Waals surface area contributed by atoms with Crippen molar-refractivity contribution in [3.8, 4) is 0 Å². The van der Waals surface area contributed by atoms with Gasteiger partial charge in [-0.2, -0.15) is 0 Å². The Labute approximate surface area is 127 Å². The summed E-state index contributed by atoms with van der Waals surface area (Å²) in [5, 5.41) is 3.18. The van der Waals surface area contributed by atoms with E-state index in [2.05, 4.69) is 57.3 Å². The van der Waals surface area contributed by atoms with Gasteiger partial charge in [-0.1, -0.05) is 50.6 Å². The molecule has 0 radical (unpaired) electrons. The smallest absolute Gasteiger partial charge is 0.231 e. The Bertz CT molecular complexity index is 557. The molecule has 0 spiro atoms. The van der Waals surface area contributed by atoms with Crippen LogP contribution in [0.1, 0.15) is 38.3 Å². The lowest BCUT2D eigenvalue weighted by atomic mass is 9.85. The largest absolute Gasteiger partial charge is 0.380 e. The Morgan fingerprint density at radius 1 is 1.19 bits per heavy atom. The number of rotatable bonds is 4. The van der Waals surface area contributed by atoms with Crippen LogP contribution in [0.3, 0.4) is 0 Å². The highest BCUT2D eigenvalue weighted by Crippen LogP contribution is 2.64. The van der Waals surface area contributed by atoms with E-state index in [0.29, 0.717) is 6.54 Å². The third-order valence-electron chi connectivity index (χ3n) is 5.25. The van der Waals surface area contributed by atoms with E-state index in [1.54, 1.807) is 0 Å². The maximum atomic E-state index is 12.9. The van der Waals surface area contributed by atoms with Gasteiger partial charge in [0.2, 0.25) is 5.91 Å². The van der Waals surface area contributed by atoms with Crippen LogP contribution >= 0.6 is 0 Å². The molecule has 2 fully saturated rings. The van der Waals surface area contributed by atoms with Crippen LogP contribution in [0.25, 0.3) is 0 Å². The second-order valence-electron chi connectivity index (χ2n) is 7.82. The van der Waals surface area contributed by atoms with E-state index in [1.165, 1.54) is 5.56 Å². The van der Waals surface area contributed by atoms with Crippen LogP contribution in [0.2, 0.25) is 0 Å². The molecule has 1 heterocycles. The van der Waals surface area contributed by atoms with E-state index in [0.717, 1.165) is 25.2 Å². The summed E-state index contributed by atoms with van der Waals surface area (Å²) in [6, 6.07) is 8.41. The number of nitrogens with one attached hydrogen (secondary N) is 1. The van der Waals surface area contributed by atoms with Gasteiger partial charge in [0.15, 0.2) is 0 Å². The van der Waals surface area contributed by atoms with Gasteiger partial charge in [-0.05, 0) is 24.3 Å². The predicted molar refractivity (Wildman–Crippen MR) is 83.2 cm³/mol. The molecule has 3 rings (SSSR count). The lowest BCUT2D eigenvalue weighted by molar-refractivity contribution is -0.129. The first-order chi connectivity index (χ1) is 9.79. The van der Waals surface area contributed by atoms with E-state index in [-0.39, 0.29) is 22.2 Å². The van der Waals surface area contributed by atoms with Gasteiger partial charge in [0, 0.05) is 12.0 Å². The Hall–Kier alpha value is -1.35. The van der Waals surface area contributed by atoms with Crippen molar-refractivity contribution in [1.29, 1.82) is 0 Å². The highest BCUT2D eigenvalue weighted by atomic mass is 16.5. The average molecular weight is 287 g/mol. The first kappa shape index (κ1) is 14.6. The van der Waals surface area contributed by atoms with Gasteiger partial charge in [0.25, 0.3) is 0 Å². The number of hydrogen-bond acceptors (Lipinski definition) is 2. The molecule has 2 aliphatic rings. The van der Waals surface area contributed by atoms with Crippen LogP contribution in [-0.4, -0.2) is 25.7 Å². The molecule has 1 N–H and O–H groups in total. The van der Waals surface area contributed by atoms with Gasteiger partial charge in [-0.25, -0.2) is 0 Å². The van der Waals surface area contributed by atoms with Gasteiger partial charge in [-0.15, -0.1) is 0 Å². The monoisotopic (exact) mass is 287 g/mol. The molecule has 1 amide bonds. The maximum absolute atomic E-state index is 12.9. The molecule has 0 bridgehead atoms. The number of carbonyl (C=O) groups excluding carboxylic acids is 1. The SMILES string of the molecule is Cc1ccc([C@@]2(C(=O)NCC3(C)COC3)CC2(C)C)cc1. The lowest BCUT2D eigenvalue weighted by Crippen LogP contribution is -2.50. The van der Waals surface area contributed by atoms with Crippen molar-refractivity contribution in [3.05, 3.63) is 35.4 Å². The van der Waals surface area contributed by atoms with Crippen LogP contribution in [-0.2, 0) is 14.9 Å². The Morgan fingerprint density at radius 2 is 1.76 bits per heavy atom. The van der Waals surface area contributed by atoms with Crippen molar-refractivity contribution >= 4 is 5.91 Å². The number of hydrogen-bond donors (Lipinski definition) is 1. The summed E-state index contributed by atoms with van der Waals surface area (Å²) < 4.78 is 5.26. The Morgan fingerprint density at radius 3 is 2.19 bits per heavy atom. The van der Waals surface area contributed by atoms with Gasteiger partial charge >= 0.3 is 0 Å². The molecule has 114 valence electrons. The topological polar surface area (TPSA) is 38.3 Å². The van der Waals surface area contributed by atoms with Gasteiger partial charge in [-0.3, -0.25) is 4.79 Å². The molecule has 1 saturated heterocycles. The fourth-order valence-corrected chi connectivity index (χ4v) is 3.47. The highest BCUT2D eigenvalue weighted by molar-refractivity contribution is 5.93. The lowest BCUT2D eigenvalue weighted by Gasteiger charge is -2.38. The summed E-state index contributed by atoms with van der Waals surface area (Å²) in [5.41, 5.74) is 2.16. The summed E-state index contributed by atoms with van der Waals surface area (Å²) in [6.45, 7) is 10.8. The van der Waals surface area contributed by atoms with Crippen LogP contribution in [0.4, 0.5) is 0 Å². The first-order valence-electron chi connectivity index (χ1n) is 7.72. The van der Waals surface area contributed by atoms with E-state index in [9.17, 15) is 4.79 Å². The maximum Gasteiger partial charge on any atom is 0.231 e. The predicted octanol–water partition coefficient (Wildman–Crippen LogP) is 2.82. The molecule has 1 aromatic rings. The van der Waals surface area contributed by atoms with Crippen LogP contribution in [0, 0.1) is 17.8 Å². The summed E-state index contributed by atoms with van der Waals surface area (Å²) in [7, 11) is 0. The molecule has 1 aliphatic heterocycles. The van der Waals surface area contributed by atoms with E-state index < -0.39 is 0 Å². The minimum atomic E-state index is -0.359. The third kappa shape index (κ3) is 2.28. The Balaban J connectivity index is 1.78. The number of benzene rings is 1. The number of carbonyl (C=O) groups is 1. The van der Waals surface area contributed by atoms with Crippen molar-refractivity contribution in [1.82, 2.24) is 5.32 Å². The molecular weight excluding hydrogens is 262 g/mol. The minimum Gasteiger partial charge on any atom is -0.380 e. The summed E-state index contributed by atoms with van der Waals surface area (Å²) >= 11 is 0. The van der Waals surface area contributed by atoms with Crippen molar-refractivity contribution in [2.75, 3.05) is 19.8 Å². The highest BCUT2D eigenvalue weighted by Gasteiger charge is 2.67. The van der Waals surface area contributed by atoms with Crippen LogP contribution in [0.15, 0.2) is 24.3 Å². The summed E-state index contributed by atoms with van der Waals surface area (Å²) in [5.74, 6) is 0.171. The molecule has 3 heteroatoms. The zero-order valence-electron chi connectivity index (χ0n) is 13.5. The van der Waals surface area contributed by atoms with Crippen LogP contribution in [0.5, 0.6) is 0 Å². The molecule has 1 aromatic carbocycles. The van der Waals surface area contributed by atoms with E-state index in [4.69, 9.17) is 4.74 Å². The number of aryl methyl sites for hydroxylation is 1. The molecule has 0 unspecified atom stereocenters. The van der Waals surface area contributed by atoms with E-state index >= 15 is 0 Å². The van der Waals surface area contributed by atoms with E-state index in [1.807, 2.05) is 0 Å². The fraction of sp³-hybridized carbons (Fsp3) is 0.611. The number of ether oxygens (including phenoxy) is 1. The molecule has 0 aromatic heterocycles. The molecule has 1 aliphatic carbocycles. The zero-order chi connectivity index (χ0) is 15.3. The standard InChI is InChI=1S/C18H25NO2/c1-13-5-7-14(8-6-13)18(9-16(18,2)3)15(20)19-10-17(4)11-21-12-17/h5-8H,9-12H2,1-4H3,(H,19,20)/t18-/m1/s1. The Kier molecular flexibility index (Phi) is 3.17. The summed E-state index contributed by atoms with van der Waals surface area (Å²) in [6.07, 6.45) is 0.919.